The Hall–Kier alpha value is -0.960. The first kappa shape index (κ1) is 16.1. The Labute approximate surface area is 118 Å². The van der Waals surface area contributed by atoms with Gasteiger partial charge in [-0.1, -0.05) is 27.7 Å². The number of nitrogens with zero attached hydrogens (tertiary/aromatic N) is 3. The standard InChI is InChI=1S/C14H23N3.C2H6/c1-10-11-8-14(2,3)7-6-12(11)16-13(15-10)9-17(4)5;1-2/h6-9H2,1-5H3;1-2H3. The molecule has 0 saturated heterocycles. The fourth-order valence-electron chi connectivity index (χ4n) is 2.53. The van der Waals surface area contributed by atoms with E-state index in [9.17, 15) is 0 Å². The number of hydrogen-bond donors (Lipinski definition) is 0. The summed E-state index contributed by atoms with van der Waals surface area (Å²) in [7, 11) is 4.11. The molecule has 1 aliphatic rings. The molecule has 0 aromatic carbocycles. The summed E-state index contributed by atoms with van der Waals surface area (Å²) < 4.78 is 0. The van der Waals surface area contributed by atoms with Crippen molar-refractivity contribution in [3.8, 4) is 0 Å². The maximum Gasteiger partial charge on any atom is 0.142 e. The molecule has 0 N–H and O–H groups in total. The summed E-state index contributed by atoms with van der Waals surface area (Å²) in [5.41, 5.74) is 4.27. The Morgan fingerprint density at radius 1 is 1.16 bits per heavy atom. The first-order valence-corrected chi connectivity index (χ1v) is 7.37. The van der Waals surface area contributed by atoms with Crippen LogP contribution in [-0.2, 0) is 19.4 Å². The highest BCUT2D eigenvalue weighted by molar-refractivity contribution is 5.29. The zero-order valence-corrected chi connectivity index (χ0v) is 13.7. The summed E-state index contributed by atoms with van der Waals surface area (Å²) >= 11 is 0. The number of aromatic nitrogens is 2. The summed E-state index contributed by atoms with van der Waals surface area (Å²) in [6.07, 6.45) is 3.46. The van der Waals surface area contributed by atoms with Crippen LogP contribution in [0.25, 0.3) is 0 Å². The monoisotopic (exact) mass is 263 g/mol. The maximum absolute atomic E-state index is 4.73. The molecule has 2 rings (SSSR count). The van der Waals surface area contributed by atoms with Gasteiger partial charge in [-0.2, -0.15) is 0 Å². The highest BCUT2D eigenvalue weighted by Crippen LogP contribution is 2.34. The predicted octanol–water partition coefficient (Wildman–Crippen LogP) is 3.39. The van der Waals surface area contributed by atoms with E-state index in [1.807, 2.05) is 13.8 Å². The zero-order chi connectivity index (χ0) is 14.6. The van der Waals surface area contributed by atoms with Crippen molar-refractivity contribution >= 4 is 0 Å². The van der Waals surface area contributed by atoms with Crippen molar-refractivity contribution in [3.05, 3.63) is 22.8 Å². The minimum absolute atomic E-state index is 0.407. The van der Waals surface area contributed by atoms with Gasteiger partial charge in [0.1, 0.15) is 5.82 Å². The van der Waals surface area contributed by atoms with Gasteiger partial charge >= 0.3 is 0 Å². The quantitative estimate of drug-likeness (QED) is 0.819. The topological polar surface area (TPSA) is 29.0 Å². The lowest BCUT2D eigenvalue weighted by molar-refractivity contribution is 0.308. The van der Waals surface area contributed by atoms with Crippen molar-refractivity contribution in [2.45, 2.75) is 60.4 Å². The molecule has 19 heavy (non-hydrogen) atoms. The number of aryl methyl sites for hydroxylation is 2. The smallest absolute Gasteiger partial charge is 0.142 e. The molecule has 0 bridgehead atoms. The van der Waals surface area contributed by atoms with Gasteiger partial charge in [0, 0.05) is 11.4 Å². The SMILES string of the molecule is CC.Cc1nc(CN(C)C)nc2c1CC(C)(C)CC2. The van der Waals surface area contributed by atoms with Gasteiger partial charge in [-0.15, -0.1) is 0 Å². The summed E-state index contributed by atoms with van der Waals surface area (Å²) in [6, 6.07) is 0. The number of rotatable bonds is 2. The van der Waals surface area contributed by atoms with Gasteiger partial charge in [-0.3, -0.25) is 0 Å². The van der Waals surface area contributed by atoms with Gasteiger partial charge < -0.3 is 4.90 Å². The molecule has 0 atom stereocenters. The zero-order valence-electron chi connectivity index (χ0n) is 13.7. The molecule has 0 fully saturated rings. The third-order valence-electron chi connectivity index (χ3n) is 3.50. The average Bonchev–Trinajstić information content (AvgIpc) is 2.32. The molecule has 0 amide bonds. The van der Waals surface area contributed by atoms with E-state index in [2.05, 4.69) is 44.8 Å². The summed E-state index contributed by atoms with van der Waals surface area (Å²) in [6.45, 7) is 11.6. The van der Waals surface area contributed by atoms with E-state index in [1.165, 1.54) is 23.4 Å². The van der Waals surface area contributed by atoms with E-state index in [4.69, 9.17) is 4.98 Å². The number of fused-ring (bicyclic) bond motifs is 1. The van der Waals surface area contributed by atoms with Crippen LogP contribution >= 0.6 is 0 Å². The lowest BCUT2D eigenvalue weighted by atomic mass is 9.75. The van der Waals surface area contributed by atoms with Crippen LogP contribution in [0.4, 0.5) is 0 Å². The van der Waals surface area contributed by atoms with Gasteiger partial charge in [0.15, 0.2) is 0 Å². The van der Waals surface area contributed by atoms with Crippen molar-refractivity contribution in [1.29, 1.82) is 0 Å². The van der Waals surface area contributed by atoms with Gasteiger partial charge in [-0.05, 0) is 51.3 Å². The average molecular weight is 263 g/mol. The lowest BCUT2D eigenvalue weighted by Gasteiger charge is -2.31. The molecule has 0 radical (unpaired) electrons. The molecular weight excluding hydrogens is 234 g/mol. The van der Waals surface area contributed by atoms with Crippen LogP contribution in [0, 0.1) is 12.3 Å². The van der Waals surface area contributed by atoms with E-state index in [-0.39, 0.29) is 0 Å². The molecular formula is C16H29N3. The van der Waals surface area contributed by atoms with Crippen molar-refractivity contribution < 1.29 is 0 Å². The molecule has 0 spiro atoms. The highest BCUT2D eigenvalue weighted by atomic mass is 15.1. The Balaban J connectivity index is 0.000000861. The van der Waals surface area contributed by atoms with Crippen LogP contribution in [0.3, 0.4) is 0 Å². The minimum atomic E-state index is 0.407. The van der Waals surface area contributed by atoms with Crippen LogP contribution in [-0.4, -0.2) is 29.0 Å². The molecule has 1 aliphatic carbocycles. The van der Waals surface area contributed by atoms with Crippen LogP contribution in [0.1, 0.15) is 56.9 Å². The van der Waals surface area contributed by atoms with Gasteiger partial charge in [0.2, 0.25) is 0 Å². The Morgan fingerprint density at radius 3 is 2.37 bits per heavy atom. The molecule has 1 aromatic rings. The van der Waals surface area contributed by atoms with Crippen molar-refractivity contribution in [2.75, 3.05) is 14.1 Å². The van der Waals surface area contributed by atoms with Crippen LogP contribution in [0.5, 0.6) is 0 Å². The summed E-state index contributed by atoms with van der Waals surface area (Å²) in [5.74, 6) is 0.964. The van der Waals surface area contributed by atoms with Crippen molar-refractivity contribution in [3.63, 3.8) is 0 Å². The second-order valence-corrected chi connectivity index (χ2v) is 6.23. The Bertz CT molecular complexity index is 422. The first-order valence-electron chi connectivity index (χ1n) is 7.37. The van der Waals surface area contributed by atoms with Gasteiger partial charge in [-0.25, -0.2) is 9.97 Å². The van der Waals surface area contributed by atoms with Crippen LogP contribution in [0.2, 0.25) is 0 Å². The van der Waals surface area contributed by atoms with E-state index < -0.39 is 0 Å². The molecule has 108 valence electrons. The molecule has 0 unspecified atom stereocenters. The molecule has 0 saturated carbocycles. The fourth-order valence-corrected chi connectivity index (χ4v) is 2.53. The van der Waals surface area contributed by atoms with Gasteiger partial charge in [0.25, 0.3) is 0 Å². The van der Waals surface area contributed by atoms with Gasteiger partial charge in [0.05, 0.1) is 6.54 Å². The second kappa shape index (κ2) is 6.47. The van der Waals surface area contributed by atoms with Crippen molar-refractivity contribution in [2.24, 2.45) is 5.41 Å². The third kappa shape index (κ3) is 4.27. The molecule has 1 heterocycles. The first-order chi connectivity index (χ1) is 8.87. The third-order valence-corrected chi connectivity index (χ3v) is 3.50. The maximum atomic E-state index is 4.73. The normalized spacial score (nSPS) is 16.6. The summed E-state index contributed by atoms with van der Waals surface area (Å²) in [5, 5.41) is 0. The summed E-state index contributed by atoms with van der Waals surface area (Å²) in [4.78, 5) is 11.5. The Morgan fingerprint density at radius 2 is 1.79 bits per heavy atom. The minimum Gasteiger partial charge on any atom is -0.302 e. The van der Waals surface area contributed by atoms with Crippen LogP contribution < -0.4 is 0 Å². The predicted molar refractivity (Wildman–Crippen MR) is 81.3 cm³/mol. The van der Waals surface area contributed by atoms with E-state index in [0.29, 0.717) is 5.41 Å². The van der Waals surface area contributed by atoms with E-state index in [0.717, 1.165) is 25.2 Å². The molecule has 0 aliphatic heterocycles. The Kier molecular flexibility index (Phi) is 5.48. The molecule has 3 heteroatoms. The molecule has 1 aromatic heterocycles. The fraction of sp³-hybridized carbons (Fsp3) is 0.750. The largest absolute Gasteiger partial charge is 0.302 e. The van der Waals surface area contributed by atoms with Crippen molar-refractivity contribution in [1.82, 2.24) is 14.9 Å². The second-order valence-electron chi connectivity index (χ2n) is 6.23. The highest BCUT2D eigenvalue weighted by Gasteiger charge is 2.27. The van der Waals surface area contributed by atoms with E-state index >= 15 is 0 Å². The van der Waals surface area contributed by atoms with Crippen LogP contribution in [0.15, 0.2) is 0 Å². The molecule has 3 nitrogen and oxygen atoms in total. The van der Waals surface area contributed by atoms with E-state index in [1.54, 1.807) is 0 Å². The number of hydrogen-bond acceptors (Lipinski definition) is 3. The lowest BCUT2D eigenvalue weighted by Crippen LogP contribution is -2.26.